The van der Waals surface area contributed by atoms with E-state index in [9.17, 15) is 18.0 Å². The van der Waals surface area contributed by atoms with Gasteiger partial charge in [0.05, 0.1) is 11.3 Å². The second-order valence-electron chi connectivity index (χ2n) is 5.01. The van der Waals surface area contributed by atoms with Crippen molar-refractivity contribution in [1.29, 1.82) is 0 Å². The third-order valence-corrected chi connectivity index (χ3v) is 5.82. The van der Waals surface area contributed by atoms with E-state index < -0.39 is 28.5 Å². The maximum absolute atomic E-state index is 12.3. The van der Waals surface area contributed by atoms with Crippen LogP contribution in [0.4, 0.5) is 5.69 Å². The zero-order chi connectivity index (χ0) is 18.3. The monoisotopic (exact) mass is 382 g/mol. The number of thiophene rings is 1. The van der Waals surface area contributed by atoms with E-state index in [-0.39, 0.29) is 15.5 Å². The standard InChI is InChI=1S/C16H18N2O5S2/c1-2-9-17-14(19)11-23-16(20)12-6-3-4-7-13(12)18-25(21,22)15-8-5-10-24-15/h3-8,10,18H,2,9,11H2,1H3,(H,17,19). The molecule has 1 aromatic heterocycles. The van der Waals surface area contributed by atoms with Crippen molar-refractivity contribution < 1.29 is 22.7 Å². The van der Waals surface area contributed by atoms with Crippen LogP contribution < -0.4 is 10.0 Å². The molecule has 2 rings (SSSR count). The van der Waals surface area contributed by atoms with Crippen LogP contribution in [0, 0.1) is 0 Å². The molecule has 0 fully saturated rings. The van der Waals surface area contributed by atoms with E-state index in [1.54, 1.807) is 23.6 Å². The van der Waals surface area contributed by atoms with E-state index in [0.29, 0.717) is 6.54 Å². The lowest BCUT2D eigenvalue weighted by Crippen LogP contribution is -2.29. The number of carbonyl (C=O) groups excluding carboxylic acids is 2. The van der Waals surface area contributed by atoms with E-state index >= 15 is 0 Å². The highest BCUT2D eigenvalue weighted by Crippen LogP contribution is 2.23. The summed E-state index contributed by atoms with van der Waals surface area (Å²) >= 11 is 1.07. The van der Waals surface area contributed by atoms with Crippen molar-refractivity contribution in [3.63, 3.8) is 0 Å². The first-order chi connectivity index (χ1) is 11.9. The first kappa shape index (κ1) is 18.9. The van der Waals surface area contributed by atoms with Crippen molar-refractivity contribution in [3.05, 3.63) is 47.3 Å². The Morgan fingerprint density at radius 1 is 1.16 bits per heavy atom. The van der Waals surface area contributed by atoms with Gasteiger partial charge in [-0.1, -0.05) is 25.1 Å². The second kappa shape index (κ2) is 8.63. The van der Waals surface area contributed by atoms with Crippen LogP contribution in [0.5, 0.6) is 0 Å². The van der Waals surface area contributed by atoms with Crippen LogP contribution in [-0.4, -0.2) is 33.4 Å². The molecule has 1 amide bonds. The number of ether oxygens (including phenoxy) is 1. The van der Waals surface area contributed by atoms with Crippen molar-refractivity contribution in [1.82, 2.24) is 5.32 Å². The summed E-state index contributed by atoms with van der Waals surface area (Å²) in [4.78, 5) is 23.7. The molecular formula is C16H18N2O5S2. The molecule has 0 saturated heterocycles. The van der Waals surface area contributed by atoms with Crippen molar-refractivity contribution in [3.8, 4) is 0 Å². The molecule has 0 spiro atoms. The number of hydrogen-bond donors (Lipinski definition) is 2. The van der Waals surface area contributed by atoms with Gasteiger partial charge >= 0.3 is 5.97 Å². The van der Waals surface area contributed by atoms with Gasteiger partial charge in [-0.2, -0.15) is 0 Å². The van der Waals surface area contributed by atoms with Crippen molar-refractivity contribution in [2.75, 3.05) is 17.9 Å². The first-order valence-corrected chi connectivity index (χ1v) is 9.89. The molecule has 2 aromatic rings. The Labute approximate surface area is 150 Å². The molecule has 25 heavy (non-hydrogen) atoms. The molecule has 7 nitrogen and oxygen atoms in total. The number of rotatable bonds is 8. The summed E-state index contributed by atoms with van der Waals surface area (Å²) in [6.45, 7) is 1.97. The molecule has 0 bridgehead atoms. The molecule has 2 N–H and O–H groups in total. The number of carbonyl (C=O) groups is 2. The number of nitrogens with one attached hydrogen (secondary N) is 2. The topological polar surface area (TPSA) is 102 Å². The lowest BCUT2D eigenvalue weighted by molar-refractivity contribution is -0.124. The van der Waals surface area contributed by atoms with Gasteiger partial charge in [0.1, 0.15) is 4.21 Å². The van der Waals surface area contributed by atoms with Crippen LogP contribution in [-0.2, 0) is 19.6 Å². The Balaban J connectivity index is 2.10. The Kier molecular flexibility index (Phi) is 6.54. The van der Waals surface area contributed by atoms with Gasteiger partial charge in [0.2, 0.25) is 0 Å². The lowest BCUT2D eigenvalue weighted by atomic mass is 10.2. The number of benzene rings is 1. The zero-order valence-electron chi connectivity index (χ0n) is 13.5. The quantitative estimate of drug-likeness (QED) is 0.682. The van der Waals surface area contributed by atoms with Gasteiger partial charge in [0.25, 0.3) is 15.9 Å². The van der Waals surface area contributed by atoms with Crippen molar-refractivity contribution in [2.45, 2.75) is 17.6 Å². The summed E-state index contributed by atoms with van der Waals surface area (Å²) in [6.07, 6.45) is 0.771. The molecule has 1 heterocycles. The van der Waals surface area contributed by atoms with E-state index in [4.69, 9.17) is 4.74 Å². The Hall–Kier alpha value is -2.39. The number of anilines is 1. The van der Waals surface area contributed by atoms with Gasteiger partial charge in [-0.05, 0) is 30.0 Å². The average Bonchev–Trinajstić information content (AvgIpc) is 3.13. The maximum atomic E-state index is 12.3. The van der Waals surface area contributed by atoms with E-state index in [2.05, 4.69) is 10.0 Å². The fraction of sp³-hybridized carbons (Fsp3) is 0.250. The molecule has 0 unspecified atom stereocenters. The van der Waals surface area contributed by atoms with Crippen LogP contribution in [0.3, 0.4) is 0 Å². The third kappa shape index (κ3) is 5.30. The molecule has 0 aliphatic rings. The highest BCUT2D eigenvalue weighted by atomic mass is 32.2. The smallest absolute Gasteiger partial charge is 0.340 e. The lowest BCUT2D eigenvalue weighted by Gasteiger charge is -2.11. The van der Waals surface area contributed by atoms with E-state index in [1.165, 1.54) is 18.2 Å². The molecule has 134 valence electrons. The van der Waals surface area contributed by atoms with Crippen LogP contribution >= 0.6 is 11.3 Å². The summed E-state index contributed by atoms with van der Waals surface area (Å²) in [6, 6.07) is 9.14. The second-order valence-corrected chi connectivity index (χ2v) is 7.87. The van der Waals surface area contributed by atoms with Crippen LogP contribution in [0.15, 0.2) is 46.0 Å². The predicted molar refractivity (Wildman–Crippen MR) is 95.2 cm³/mol. The minimum absolute atomic E-state index is 0.0333. The largest absolute Gasteiger partial charge is 0.452 e. The summed E-state index contributed by atoms with van der Waals surface area (Å²) < 4.78 is 32.1. The van der Waals surface area contributed by atoms with Crippen LogP contribution in [0.2, 0.25) is 0 Å². The zero-order valence-corrected chi connectivity index (χ0v) is 15.2. The summed E-state index contributed by atoms with van der Waals surface area (Å²) in [5.74, 6) is -1.19. The average molecular weight is 382 g/mol. The Morgan fingerprint density at radius 2 is 1.92 bits per heavy atom. The molecule has 9 heteroatoms. The van der Waals surface area contributed by atoms with Gasteiger partial charge in [0, 0.05) is 6.54 Å². The summed E-state index contributed by atoms with van der Waals surface area (Å²) in [5, 5.41) is 4.23. The molecule has 0 saturated carbocycles. The van der Waals surface area contributed by atoms with Crippen LogP contribution in [0.1, 0.15) is 23.7 Å². The normalized spacial score (nSPS) is 10.9. The third-order valence-electron chi connectivity index (χ3n) is 3.06. The van der Waals surface area contributed by atoms with Crippen molar-refractivity contribution >= 4 is 38.9 Å². The number of sulfonamides is 1. The fourth-order valence-corrected chi connectivity index (χ4v) is 3.96. The molecular weight excluding hydrogens is 364 g/mol. The van der Waals surface area contributed by atoms with Crippen LogP contribution in [0.25, 0.3) is 0 Å². The SMILES string of the molecule is CCCNC(=O)COC(=O)c1ccccc1NS(=O)(=O)c1cccs1. The van der Waals surface area contributed by atoms with Gasteiger partial charge in [-0.3, -0.25) is 9.52 Å². The van der Waals surface area contributed by atoms with Gasteiger partial charge < -0.3 is 10.1 Å². The van der Waals surface area contributed by atoms with E-state index in [1.807, 2.05) is 6.92 Å². The molecule has 1 aromatic carbocycles. The van der Waals surface area contributed by atoms with Crippen molar-refractivity contribution in [2.24, 2.45) is 0 Å². The van der Waals surface area contributed by atoms with Gasteiger partial charge in [0.15, 0.2) is 6.61 Å². The number of amides is 1. The Bertz CT molecular complexity index is 832. The van der Waals surface area contributed by atoms with Gasteiger partial charge in [-0.25, -0.2) is 13.2 Å². The highest BCUT2D eigenvalue weighted by molar-refractivity contribution is 7.94. The summed E-state index contributed by atoms with van der Waals surface area (Å²) in [5.41, 5.74) is 0.126. The number of para-hydroxylation sites is 1. The highest BCUT2D eigenvalue weighted by Gasteiger charge is 2.20. The minimum atomic E-state index is -3.79. The number of hydrogen-bond acceptors (Lipinski definition) is 6. The summed E-state index contributed by atoms with van der Waals surface area (Å²) in [7, 11) is -3.79. The maximum Gasteiger partial charge on any atom is 0.340 e. The van der Waals surface area contributed by atoms with E-state index in [0.717, 1.165) is 17.8 Å². The molecule has 0 aliphatic heterocycles. The Morgan fingerprint density at radius 3 is 2.60 bits per heavy atom. The van der Waals surface area contributed by atoms with Gasteiger partial charge in [-0.15, -0.1) is 11.3 Å². The molecule has 0 radical (unpaired) electrons. The minimum Gasteiger partial charge on any atom is -0.452 e. The number of esters is 1. The first-order valence-electron chi connectivity index (χ1n) is 7.53. The fourth-order valence-electron chi connectivity index (χ4n) is 1.89. The molecule has 0 aliphatic carbocycles. The molecule has 0 atom stereocenters. The predicted octanol–water partition coefficient (Wildman–Crippen LogP) is 2.23.